The summed E-state index contributed by atoms with van der Waals surface area (Å²) in [6.07, 6.45) is 1.17. The fourth-order valence-corrected chi connectivity index (χ4v) is 2.88. The van der Waals surface area contributed by atoms with Gasteiger partial charge in [0.25, 0.3) is 0 Å². The second-order valence-electron chi connectivity index (χ2n) is 4.62. The summed E-state index contributed by atoms with van der Waals surface area (Å²) < 4.78 is 16.8. The molecule has 0 spiro atoms. The van der Waals surface area contributed by atoms with Crippen LogP contribution < -0.4 is 9.47 Å². The molecule has 1 heterocycles. The minimum atomic E-state index is -0.555. The Bertz CT molecular complexity index is 430. The van der Waals surface area contributed by atoms with Gasteiger partial charge in [-0.15, -0.1) is 0 Å². The Kier molecular flexibility index (Phi) is 5.07. The zero-order valence-corrected chi connectivity index (χ0v) is 12.8. The first-order valence-corrected chi connectivity index (χ1v) is 7.14. The molecule has 1 aromatic carbocycles. The molecule has 1 unspecified atom stereocenters. The van der Waals surface area contributed by atoms with Crippen LogP contribution in [0.15, 0.2) is 16.6 Å². The lowest BCUT2D eigenvalue weighted by Gasteiger charge is -2.28. The number of ether oxygens (including phenoxy) is 3. The second-order valence-corrected chi connectivity index (χ2v) is 5.48. The highest BCUT2D eigenvalue weighted by molar-refractivity contribution is 9.10. The van der Waals surface area contributed by atoms with E-state index in [0.717, 1.165) is 22.9 Å². The highest BCUT2D eigenvalue weighted by Gasteiger charge is 2.26. The minimum absolute atomic E-state index is 0.202. The third kappa shape index (κ3) is 3.22. The molecule has 4 nitrogen and oxygen atoms in total. The van der Waals surface area contributed by atoms with E-state index in [1.165, 1.54) is 0 Å². The number of hydrogen-bond acceptors (Lipinski definition) is 4. The summed E-state index contributed by atoms with van der Waals surface area (Å²) >= 11 is 3.42. The predicted molar refractivity (Wildman–Crippen MR) is 75.7 cm³/mol. The van der Waals surface area contributed by atoms with Crippen molar-refractivity contribution in [3.63, 3.8) is 0 Å². The van der Waals surface area contributed by atoms with E-state index in [0.29, 0.717) is 24.7 Å². The number of aliphatic hydroxyl groups is 1. The molecule has 1 N–H and O–H groups in total. The molecule has 1 aliphatic heterocycles. The third-order valence-corrected chi connectivity index (χ3v) is 4.15. The van der Waals surface area contributed by atoms with Gasteiger partial charge in [0.05, 0.1) is 24.8 Å². The SMILES string of the molecule is COc1cc(C(O)C2CCOCC2)c(OC)cc1Br. The molecule has 0 radical (unpaired) electrons. The average Bonchev–Trinajstić information content (AvgIpc) is 2.47. The average molecular weight is 331 g/mol. The lowest BCUT2D eigenvalue weighted by atomic mass is 9.89. The quantitative estimate of drug-likeness (QED) is 0.922. The molecule has 0 aromatic heterocycles. The zero-order chi connectivity index (χ0) is 13.8. The molecule has 1 atom stereocenters. The molecule has 5 heteroatoms. The van der Waals surface area contributed by atoms with Crippen molar-refractivity contribution in [2.75, 3.05) is 27.4 Å². The number of aliphatic hydroxyl groups excluding tert-OH is 1. The highest BCUT2D eigenvalue weighted by Crippen LogP contribution is 2.40. The van der Waals surface area contributed by atoms with Crippen LogP contribution in [0.1, 0.15) is 24.5 Å². The van der Waals surface area contributed by atoms with Crippen LogP contribution in [0.4, 0.5) is 0 Å². The van der Waals surface area contributed by atoms with Crippen LogP contribution in [0.2, 0.25) is 0 Å². The normalized spacial score (nSPS) is 18.1. The minimum Gasteiger partial charge on any atom is -0.496 e. The fourth-order valence-electron chi connectivity index (χ4n) is 2.40. The van der Waals surface area contributed by atoms with E-state index in [4.69, 9.17) is 14.2 Å². The topological polar surface area (TPSA) is 47.9 Å². The van der Waals surface area contributed by atoms with Crippen LogP contribution in [-0.4, -0.2) is 32.5 Å². The maximum Gasteiger partial charge on any atom is 0.133 e. The first-order valence-electron chi connectivity index (χ1n) is 6.34. The monoisotopic (exact) mass is 330 g/mol. The maximum absolute atomic E-state index is 10.6. The fraction of sp³-hybridized carbons (Fsp3) is 0.571. The van der Waals surface area contributed by atoms with Crippen LogP contribution in [0, 0.1) is 5.92 Å². The van der Waals surface area contributed by atoms with Crippen molar-refractivity contribution in [2.45, 2.75) is 18.9 Å². The van der Waals surface area contributed by atoms with Gasteiger partial charge >= 0.3 is 0 Å². The molecule has 0 bridgehead atoms. The number of halogens is 1. The number of benzene rings is 1. The van der Waals surface area contributed by atoms with E-state index in [1.807, 2.05) is 12.1 Å². The van der Waals surface area contributed by atoms with Gasteiger partial charge in [0, 0.05) is 18.8 Å². The van der Waals surface area contributed by atoms with Gasteiger partial charge < -0.3 is 19.3 Å². The van der Waals surface area contributed by atoms with Crippen molar-refractivity contribution in [1.29, 1.82) is 0 Å². The van der Waals surface area contributed by atoms with E-state index < -0.39 is 6.10 Å². The van der Waals surface area contributed by atoms with Gasteiger partial charge in [-0.1, -0.05) is 0 Å². The molecule has 1 fully saturated rings. The maximum atomic E-state index is 10.6. The van der Waals surface area contributed by atoms with Crippen molar-refractivity contribution < 1.29 is 19.3 Å². The van der Waals surface area contributed by atoms with Crippen LogP contribution in [0.3, 0.4) is 0 Å². The van der Waals surface area contributed by atoms with Crippen molar-refractivity contribution in [3.05, 3.63) is 22.2 Å². The molecule has 0 aliphatic carbocycles. The molecule has 2 rings (SSSR count). The van der Waals surface area contributed by atoms with Gasteiger partial charge in [-0.25, -0.2) is 0 Å². The Morgan fingerprint density at radius 2 is 1.84 bits per heavy atom. The molecule has 1 saturated heterocycles. The van der Waals surface area contributed by atoms with E-state index in [-0.39, 0.29) is 5.92 Å². The number of hydrogen-bond donors (Lipinski definition) is 1. The van der Waals surface area contributed by atoms with E-state index in [9.17, 15) is 5.11 Å². The summed E-state index contributed by atoms with van der Waals surface area (Å²) in [4.78, 5) is 0. The molecule has 1 aromatic rings. The van der Waals surface area contributed by atoms with Gasteiger partial charge in [-0.05, 0) is 46.8 Å². The Labute approximate surface area is 121 Å². The summed E-state index contributed by atoms with van der Waals surface area (Å²) in [5.41, 5.74) is 0.773. The molecule has 0 saturated carbocycles. The summed E-state index contributed by atoms with van der Waals surface area (Å²) in [5, 5.41) is 10.6. The summed E-state index contributed by atoms with van der Waals surface area (Å²) in [6.45, 7) is 1.41. The second kappa shape index (κ2) is 6.59. The zero-order valence-electron chi connectivity index (χ0n) is 11.2. The predicted octanol–water partition coefficient (Wildman–Crippen LogP) is 2.93. The Balaban J connectivity index is 2.30. The van der Waals surface area contributed by atoms with Gasteiger partial charge in [0.1, 0.15) is 11.5 Å². The Morgan fingerprint density at radius 1 is 1.21 bits per heavy atom. The summed E-state index contributed by atoms with van der Waals surface area (Å²) in [7, 11) is 3.21. The Hall–Kier alpha value is -0.780. The third-order valence-electron chi connectivity index (χ3n) is 3.54. The van der Waals surface area contributed by atoms with Crippen LogP contribution in [-0.2, 0) is 4.74 Å². The van der Waals surface area contributed by atoms with Crippen molar-refractivity contribution in [3.8, 4) is 11.5 Å². The highest BCUT2D eigenvalue weighted by atomic mass is 79.9. The first kappa shape index (κ1) is 14.6. The standard InChI is InChI=1S/C14H19BrO4/c1-17-12-8-11(15)13(18-2)7-10(12)14(16)9-3-5-19-6-4-9/h7-9,14,16H,3-6H2,1-2H3. The molecule has 1 aliphatic rings. The van der Waals surface area contributed by atoms with Crippen LogP contribution in [0.5, 0.6) is 11.5 Å². The van der Waals surface area contributed by atoms with Crippen molar-refractivity contribution >= 4 is 15.9 Å². The lowest BCUT2D eigenvalue weighted by molar-refractivity contribution is 0.00629. The molecule has 19 heavy (non-hydrogen) atoms. The number of methoxy groups -OCH3 is 2. The van der Waals surface area contributed by atoms with Crippen LogP contribution in [0.25, 0.3) is 0 Å². The van der Waals surface area contributed by atoms with Crippen molar-refractivity contribution in [1.82, 2.24) is 0 Å². The summed E-state index contributed by atoms with van der Waals surface area (Å²) in [6, 6.07) is 3.67. The van der Waals surface area contributed by atoms with Crippen LogP contribution >= 0.6 is 15.9 Å². The number of rotatable bonds is 4. The van der Waals surface area contributed by atoms with E-state index in [1.54, 1.807) is 14.2 Å². The smallest absolute Gasteiger partial charge is 0.133 e. The lowest BCUT2D eigenvalue weighted by Crippen LogP contribution is -2.22. The van der Waals surface area contributed by atoms with Gasteiger partial charge in [0.15, 0.2) is 0 Å². The first-order chi connectivity index (χ1) is 9.17. The Morgan fingerprint density at radius 3 is 2.42 bits per heavy atom. The van der Waals surface area contributed by atoms with Gasteiger partial charge in [-0.2, -0.15) is 0 Å². The molecular formula is C14H19BrO4. The van der Waals surface area contributed by atoms with E-state index in [2.05, 4.69) is 15.9 Å². The largest absolute Gasteiger partial charge is 0.496 e. The molecule has 106 valence electrons. The summed E-state index contributed by atoms with van der Waals surface area (Å²) in [5.74, 6) is 1.57. The molecular weight excluding hydrogens is 312 g/mol. The van der Waals surface area contributed by atoms with Crippen molar-refractivity contribution in [2.24, 2.45) is 5.92 Å². The van der Waals surface area contributed by atoms with E-state index >= 15 is 0 Å². The molecule has 0 amide bonds. The van der Waals surface area contributed by atoms with Gasteiger partial charge in [0.2, 0.25) is 0 Å². The van der Waals surface area contributed by atoms with Gasteiger partial charge in [-0.3, -0.25) is 0 Å².